The van der Waals surface area contributed by atoms with E-state index in [0.717, 1.165) is 0 Å². The fourth-order valence-electron chi connectivity index (χ4n) is 0.802. The van der Waals surface area contributed by atoms with Gasteiger partial charge in [-0.2, -0.15) is 0 Å². The molecule has 0 fully saturated rings. The predicted octanol–water partition coefficient (Wildman–Crippen LogP) is 0.509. The van der Waals surface area contributed by atoms with Crippen LogP contribution < -0.4 is 5.43 Å². The number of aromatic nitrogens is 1. The first-order chi connectivity index (χ1) is 6.84. The number of hydrogen-bond acceptors (Lipinski definition) is 5. The Hall–Kier alpha value is -1.98. The number of carbonyl (C=O) groups excluding carboxylic acids is 1. The summed E-state index contributed by atoms with van der Waals surface area (Å²) >= 11 is 0. The summed E-state index contributed by atoms with van der Waals surface area (Å²) in [6.45, 7) is 0.301. The Morgan fingerprint density at radius 1 is 1.64 bits per heavy atom. The van der Waals surface area contributed by atoms with Crippen LogP contribution in [0.2, 0.25) is 0 Å². The van der Waals surface area contributed by atoms with Gasteiger partial charge in [0.2, 0.25) is 0 Å². The highest BCUT2D eigenvalue weighted by Gasteiger charge is 2.05. The smallest absolute Gasteiger partial charge is 0.339 e. The van der Waals surface area contributed by atoms with Crippen LogP contribution in [0.4, 0.5) is 0 Å². The molecule has 1 aromatic rings. The molecule has 14 heavy (non-hydrogen) atoms. The van der Waals surface area contributed by atoms with Crippen LogP contribution >= 0.6 is 0 Å². The summed E-state index contributed by atoms with van der Waals surface area (Å²) in [4.78, 5) is 24.6. The second-order valence-corrected chi connectivity index (χ2v) is 2.38. The molecule has 0 atom stereocenters. The van der Waals surface area contributed by atoms with Gasteiger partial charge in [-0.15, -0.1) is 4.91 Å². The molecule has 0 aliphatic carbocycles. The summed E-state index contributed by atoms with van der Waals surface area (Å²) in [6.07, 6.45) is 2.97. The van der Waals surface area contributed by atoms with Crippen LogP contribution in [0, 0.1) is 4.91 Å². The van der Waals surface area contributed by atoms with Gasteiger partial charge in [-0.05, 0) is 12.1 Å². The molecule has 0 saturated carbocycles. The second-order valence-electron chi connectivity index (χ2n) is 2.38. The Balaban J connectivity index is 2.32. The lowest BCUT2D eigenvalue weighted by Gasteiger charge is -2.02. The lowest BCUT2D eigenvalue weighted by atomic mass is 10.3. The highest BCUT2D eigenvalue weighted by atomic mass is 16.5. The molecular formula is C8H9N3O3. The van der Waals surface area contributed by atoms with Gasteiger partial charge in [0, 0.05) is 17.7 Å². The van der Waals surface area contributed by atoms with Gasteiger partial charge in [-0.1, -0.05) is 0 Å². The molecule has 0 saturated heterocycles. The maximum absolute atomic E-state index is 11.2. The number of esters is 1. The van der Waals surface area contributed by atoms with E-state index in [4.69, 9.17) is 4.74 Å². The molecule has 0 unspecified atom stereocenters. The van der Waals surface area contributed by atoms with Crippen molar-refractivity contribution in [2.24, 2.45) is 5.29 Å². The van der Waals surface area contributed by atoms with Crippen molar-refractivity contribution in [2.45, 2.75) is 0 Å². The quantitative estimate of drug-likeness (QED) is 0.320. The Kier molecular flexibility index (Phi) is 4.06. The third kappa shape index (κ3) is 3.18. The van der Waals surface area contributed by atoms with E-state index >= 15 is 0 Å². The maximum atomic E-state index is 11.2. The molecule has 6 heteroatoms. The Morgan fingerprint density at radius 2 is 2.50 bits per heavy atom. The van der Waals surface area contributed by atoms with Crippen LogP contribution in [0.25, 0.3) is 0 Å². The third-order valence-electron chi connectivity index (χ3n) is 1.41. The minimum absolute atomic E-state index is 0.0967. The summed E-state index contributed by atoms with van der Waals surface area (Å²) < 4.78 is 4.79. The normalized spacial score (nSPS) is 9.14. The standard InChI is InChI=1S/C8H9N3O3/c12-8(14-5-4-10-11-13)7-2-1-3-9-6-7/h1-3,6H,4-5H2,(H,10,13). The molecule has 0 radical (unpaired) electrons. The van der Waals surface area contributed by atoms with Crippen LogP contribution in [-0.2, 0) is 4.74 Å². The second kappa shape index (κ2) is 5.63. The number of pyridine rings is 1. The molecule has 0 spiro atoms. The molecule has 0 aliphatic rings. The number of nitrogens with one attached hydrogen (secondary N) is 1. The number of ether oxygens (including phenoxy) is 1. The van der Waals surface area contributed by atoms with Gasteiger partial charge >= 0.3 is 5.97 Å². The lowest BCUT2D eigenvalue weighted by molar-refractivity contribution is 0.0508. The molecule has 0 aliphatic heterocycles. The van der Waals surface area contributed by atoms with E-state index in [1.54, 1.807) is 18.3 Å². The van der Waals surface area contributed by atoms with Crippen molar-refractivity contribution in [1.82, 2.24) is 10.4 Å². The van der Waals surface area contributed by atoms with Crippen LogP contribution in [0.3, 0.4) is 0 Å². The van der Waals surface area contributed by atoms with Crippen molar-refractivity contribution in [3.05, 3.63) is 35.0 Å². The fraction of sp³-hybridized carbons (Fsp3) is 0.250. The van der Waals surface area contributed by atoms with E-state index in [1.165, 1.54) is 6.20 Å². The first-order valence-corrected chi connectivity index (χ1v) is 3.97. The zero-order chi connectivity index (χ0) is 10.2. The maximum Gasteiger partial charge on any atom is 0.339 e. The van der Waals surface area contributed by atoms with Crippen molar-refractivity contribution >= 4 is 5.97 Å². The van der Waals surface area contributed by atoms with E-state index in [2.05, 4.69) is 15.7 Å². The highest BCUT2D eigenvalue weighted by molar-refractivity contribution is 5.88. The monoisotopic (exact) mass is 195 g/mol. The zero-order valence-electron chi connectivity index (χ0n) is 7.34. The van der Waals surface area contributed by atoms with E-state index < -0.39 is 5.97 Å². The van der Waals surface area contributed by atoms with Gasteiger partial charge in [0.05, 0.1) is 12.1 Å². The Labute approximate surface area is 80.2 Å². The SMILES string of the molecule is O=NNCCOC(=O)c1cccnc1. The molecule has 0 aromatic carbocycles. The summed E-state index contributed by atoms with van der Waals surface area (Å²) in [5.41, 5.74) is 2.51. The highest BCUT2D eigenvalue weighted by Crippen LogP contribution is 1.97. The summed E-state index contributed by atoms with van der Waals surface area (Å²) in [5.74, 6) is -0.467. The van der Waals surface area contributed by atoms with Crippen LogP contribution in [0.5, 0.6) is 0 Å². The van der Waals surface area contributed by atoms with Gasteiger partial charge in [0.1, 0.15) is 6.61 Å². The van der Waals surface area contributed by atoms with Crippen LogP contribution in [0.15, 0.2) is 29.8 Å². The van der Waals surface area contributed by atoms with E-state index in [0.29, 0.717) is 5.56 Å². The van der Waals surface area contributed by atoms with E-state index in [9.17, 15) is 9.70 Å². The topological polar surface area (TPSA) is 80.6 Å². The molecule has 6 nitrogen and oxygen atoms in total. The average molecular weight is 195 g/mol. The first-order valence-electron chi connectivity index (χ1n) is 3.97. The third-order valence-corrected chi connectivity index (χ3v) is 1.41. The Morgan fingerprint density at radius 3 is 3.14 bits per heavy atom. The van der Waals surface area contributed by atoms with Crippen LogP contribution in [0.1, 0.15) is 10.4 Å². The van der Waals surface area contributed by atoms with Crippen molar-refractivity contribution < 1.29 is 9.53 Å². The number of rotatable bonds is 5. The number of carbonyl (C=O) groups is 1. The minimum atomic E-state index is -0.467. The zero-order valence-corrected chi connectivity index (χ0v) is 7.34. The van der Waals surface area contributed by atoms with Gasteiger partial charge in [0.15, 0.2) is 0 Å². The molecule has 1 N–H and O–H groups in total. The average Bonchev–Trinajstić information content (AvgIpc) is 2.25. The van der Waals surface area contributed by atoms with Gasteiger partial charge < -0.3 is 4.74 Å². The summed E-state index contributed by atoms with van der Waals surface area (Å²) in [5, 5.41) is 2.40. The fourth-order valence-corrected chi connectivity index (χ4v) is 0.802. The lowest BCUT2D eigenvalue weighted by Crippen LogP contribution is -2.16. The van der Waals surface area contributed by atoms with Crippen molar-refractivity contribution in [2.75, 3.05) is 13.2 Å². The van der Waals surface area contributed by atoms with Crippen molar-refractivity contribution in [3.8, 4) is 0 Å². The predicted molar refractivity (Wildman–Crippen MR) is 48.3 cm³/mol. The first kappa shape index (κ1) is 10.1. The number of nitrogens with zero attached hydrogens (tertiary/aromatic N) is 2. The molecule has 0 amide bonds. The van der Waals surface area contributed by atoms with Crippen molar-refractivity contribution in [1.29, 1.82) is 0 Å². The minimum Gasteiger partial charge on any atom is -0.460 e. The molecule has 1 heterocycles. The van der Waals surface area contributed by atoms with E-state index in [1.807, 2.05) is 0 Å². The molecule has 1 rings (SSSR count). The van der Waals surface area contributed by atoms with Gasteiger partial charge in [-0.25, -0.2) is 4.79 Å². The number of hydrogen-bond donors (Lipinski definition) is 1. The summed E-state index contributed by atoms with van der Waals surface area (Å²) in [6, 6.07) is 3.24. The van der Waals surface area contributed by atoms with Crippen LogP contribution in [-0.4, -0.2) is 24.1 Å². The molecule has 74 valence electrons. The Bertz CT molecular complexity index is 302. The van der Waals surface area contributed by atoms with Crippen molar-refractivity contribution in [3.63, 3.8) is 0 Å². The summed E-state index contributed by atoms with van der Waals surface area (Å²) in [7, 11) is 0. The molecule has 0 bridgehead atoms. The molecular weight excluding hydrogens is 186 g/mol. The largest absolute Gasteiger partial charge is 0.460 e. The molecule has 1 aromatic heterocycles. The number of nitroso groups, excluding NO2 is 1. The van der Waals surface area contributed by atoms with Gasteiger partial charge in [0.25, 0.3) is 0 Å². The van der Waals surface area contributed by atoms with E-state index in [-0.39, 0.29) is 13.2 Å². The van der Waals surface area contributed by atoms with Gasteiger partial charge in [-0.3, -0.25) is 10.4 Å².